The van der Waals surface area contributed by atoms with Gasteiger partial charge in [0.1, 0.15) is 17.1 Å². The Morgan fingerprint density at radius 2 is 1.57 bits per heavy atom. The summed E-state index contributed by atoms with van der Waals surface area (Å²) < 4.78 is 36.8. The fourth-order valence-corrected chi connectivity index (χ4v) is 5.81. The van der Waals surface area contributed by atoms with Gasteiger partial charge in [0.2, 0.25) is 10.0 Å². The highest BCUT2D eigenvalue weighted by molar-refractivity contribution is 7.92. The number of methoxy groups -OCH3 is 1. The van der Waals surface area contributed by atoms with E-state index < -0.39 is 15.6 Å². The van der Waals surface area contributed by atoms with Crippen molar-refractivity contribution in [1.29, 1.82) is 0 Å². The summed E-state index contributed by atoms with van der Waals surface area (Å²) in [6.45, 7) is 3.17. The number of nitrogens with zero attached hydrogens (tertiary/aromatic N) is 1. The van der Waals surface area contributed by atoms with Crippen molar-refractivity contribution in [2.45, 2.75) is 57.1 Å². The lowest BCUT2D eigenvalue weighted by molar-refractivity contribution is -0.150. The smallest absolute Gasteiger partial charge is 0.252 e. The van der Waals surface area contributed by atoms with Crippen LogP contribution in [0.25, 0.3) is 0 Å². The standard InChI is InChI=1S/C28H39N3O5S/c1-35-28(27(32)29-20-22-6-4-3-5-7-22)16-18-31(19-17-28)21-23-8-12-25(13-9-23)36-26-14-10-24(11-15-26)30-37(2,33)34/h8-15,22,30H,3-7,16-21H2,1-2H3,(H,29,32). The molecule has 0 spiro atoms. The molecule has 0 aromatic heterocycles. The van der Waals surface area contributed by atoms with Gasteiger partial charge in [-0.25, -0.2) is 8.42 Å². The fourth-order valence-electron chi connectivity index (χ4n) is 5.25. The molecule has 2 aromatic rings. The van der Waals surface area contributed by atoms with Gasteiger partial charge < -0.3 is 14.8 Å². The summed E-state index contributed by atoms with van der Waals surface area (Å²) in [5.74, 6) is 1.98. The monoisotopic (exact) mass is 529 g/mol. The van der Waals surface area contributed by atoms with E-state index in [0.717, 1.165) is 32.4 Å². The largest absolute Gasteiger partial charge is 0.457 e. The van der Waals surface area contributed by atoms with Gasteiger partial charge in [0.05, 0.1) is 6.26 Å². The van der Waals surface area contributed by atoms with E-state index in [4.69, 9.17) is 9.47 Å². The molecule has 1 saturated carbocycles. The zero-order valence-corrected chi connectivity index (χ0v) is 22.7. The third-order valence-corrected chi connectivity index (χ3v) is 8.07. The Morgan fingerprint density at radius 3 is 2.14 bits per heavy atom. The maximum Gasteiger partial charge on any atom is 0.252 e. The van der Waals surface area contributed by atoms with Gasteiger partial charge in [-0.05, 0) is 73.6 Å². The minimum Gasteiger partial charge on any atom is -0.457 e. The van der Waals surface area contributed by atoms with Crippen molar-refractivity contribution in [2.24, 2.45) is 5.92 Å². The summed E-state index contributed by atoms with van der Waals surface area (Å²) in [4.78, 5) is 15.4. The Morgan fingerprint density at radius 1 is 0.973 bits per heavy atom. The van der Waals surface area contributed by atoms with Crippen molar-refractivity contribution < 1.29 is 22.7 Å². The predicted molar refractivity (Wildman–Crippen MR) is 145 cm³/mol. The van der Waals surface area contributed by atoms with Crippen molar-refractivity contribution in [2.75, 3.05) is 37.7 Å². The quantitative estimate of drug-likeness (QED) is 0.470. The molecule has 1 aliphatic carbocycles. The lowest BCUT2D eigenvalue weighted by Crippen LogP contribution is -2.55. The topological polar surface area (TPSA) is 97.0 Å². The zero-order valence-electron chi connectivity index (χ0n) is 21.9. The molecule has 1 saturated heterocycles. The van der Waals surface area contributed by atoms with Crippen molar-refractivity contribution in [3.05, 3.63) is 54.1 Å². The van der Waals surface area contributed by atoms with Crippen LogP contribution in [0.3, 0.4) is 0 Å². The number of benzene rings is 2. The van der Waals surface area contributed by atoms with Gasteiger partial charge in [-0.1, -0.05) is 31.4 Å². The summed E-state index contributed by atoms with van der Waals surface area (Å²) in [6, 6.07) is 14.7. The SMILES string of the molecule is COC1(C(=O)NCC2CCCCC2)CCN(Cc2ccc(Oc3ccc(NS(C)(=O)=O)cc3)cc2)CC1. The van der Waals surface area contributed by atoms with Crippen LogP contribution in [-0.4, -0.2) is 57.8 Å². The number of likely N-dealkylation sites (tertiary alicyclic amines) is 1. The number of nitrogens with one attached hydrogen (secondary N) is 2. The number of piperidine rings is 1. The Hall–Kier alpha value is -2.62. The van der Waals surface area contributed by atoms with E-state index in [1.807, 2.05) is 24.3 Å². The average Bonchev–Trinajstić information content (AvgIpc) is 2.90. The summed E-state index contributed by atoms with van der Waals surface area (Å²) in [6.07, 6.45) is 8.79. The molecular weight excluding hydrogens is 490 g/mol. The van der Waals surface area contributed by atoms with Gasteiger partial charge in [0, 0.05) is 39.0 Å². The Balaban J connectivity index is 1.24. The van der Waals surface area contributed by atoms with Crippen molar-refractivity contribution in [1.82, 2.24) is 10.2 Å². The summed E-state index contributed by atoms with van der Waals surface area (Å²) in [5, 5.41) is 3.19. The van der Waals surface area contributed by atoms with Crippen LogP contribution in [0.5, 0.6) is 11.5 Å². The lowest BCUT2D eigenvalue weighted by Gasteiger charge is -2.40. The van der Waals surface area contributed by atoms with Crippen LogP contribution in [0.1, 0.15) is 50.5 Å². The predicted octanol–water partition coefficient (Wildman–Crippen LogP) is 4.53. The van der Waals surface area contributed by atoms with Gasteiger partial charge in [-0.3, -0.25) is 14.4 Å². The average molecular weight is 530 g/mol. The van der Waals surface area contributed by atoms with Crippen LogP contribution in [0.2, 0.25) is 0 Å². The zero-order chi connectivity index (χ0) is 26.3. The first kappa shape index (κ1) is 27.4. The number of sulfonamides is 1. The second-order valence-electron chi connectivity index (χ2n) is 10.3. The Bertz CT molecular complexity index is 1120. The normalized spacial score (nSPS) is 18.8. The first-order chi connectivity index (χ1) is 17.7. The third-order valence-electron chi connectivity index (χ3n) is 7.47. The van der Waals surface area contributed by atoms with Crippen LogP contribution >= 0.6 is 0 Å². The van der Waals surface area contributed by atoms with Gasteiger partial charge in [0.15, 0.2) is 0 Å². The number of rotatable bonds is 10. The molecule has 8 nitrogen and oxygen atoms in total. The van der Waals surface area contributed by atoms with Crippen LogP contribution in [0.4, 0.5) is 5.69 Å². The van der Waals surface area contributed by atoms with E-state index in [-0.39, 0.29) is 5.91 Å². The van der Waals surface area contributed by atoms with Crippen LogP contribution in [0, 0.1) is 5.92 Å². The minimum absolute atomic E-state index is 0.0434. The molecule has 1 aliphatic heterocycles. The molecule has 2 aliphatic rings. The molecular formula is C28H39N3O5S. The number of hydrogen-bond acceptors (Lipinski definition) is 6. The van der Waals surface area contributed by atoms with Gasteiger partial charge >= 0.3 is 0 Å². The molecule has 202 valence electrons. The van der Waals surface area contributed by atoms with Crippen LogP contribution in [-0.2, 0) is 26.1 Å². The number of carbonyl (C=O) groups is 1. The first-order valence-corrected chi connectivity index (χ1v) is 15.0. The van der Waals surface area contributed by atoms with Crippen molar-refractivity contribution in [3.63, 3.8) is 0 Å². The first-order valence-electron chi connectivity index (χ1n) is 13.2. The maximum absolute atomic E-state index is 13.0. The molecule has 0 bridgehead atoms. The molecule has 4 rings (SSSR count). The molecule has 2 fully saturated rings. The number of anilines is 1. The van der Waals surface area contributed by atoms with E-state index in [9.17, 15) is 13.2 Å². The molecule has 1 amide bonds. The van der Waals surface area contributed by atoms with E-state index in [2.05, 4.69) is 14.9 Å². The lowest BCUT2D eigenvalue weighted by atomic mass is 9.87. The second kappa shape index (κ2) is 12.3. The fraction of sp³-hybridized carbons (Fsp3) is 0.536. The molecule has 2 N–H and O–H groups in total. The van der Waals surface area contributed by atoms with Crippen molar-refractivity contribution >= 4 is 21.6 Å². The molecule has 37 heavy (non-hydrogen) atoms. The Kier molecular flexibility index (Phi) is 9.10. The Labute approximate surface area is 220 Å². The highest BCUT2D eigenvalue weighted by atomic mass is 32.2. The number of carbonyl (C=O) groups excluding carboxylic acids is 1. The van der Waals surface area contributed by atoms with E-state index >= 15 is 0 Å². The molecule has 9 heteroatoms. The van der Waals surface area contributed by atoms with Crippen LogP contribution in [0.15, 0.2) is 48.5 Å². The molecule has 0 unspecified atom stereocenters. The van der Waals surface area contributed by atoms with Crippen molar-refractivity contribution in [3.8, 4) is 11.5 Å². The highest BCUT2D eigenvalue weighted by Crippen LogP contribution is 2.29. The van der Waals surface area contributed by atoms with E-state index in [0.29, 0.717) is 35.9 Å². The summed E-state index contributed by atoms with van der Waals surface area (Å²) in [5.41, 5.74) is 0.938. The van der Waals surface area contributed by atoms with Crippen LogP contribution < -0.4 is 14.8 Å². The summed E-state index contributed by atoms with van der Waals surface area (Å²) >= 11 is 0. The maximum atomic E-state index is 13.0. The number of hydrogen-bond donors (Lipinski definition) is 2. The minimum atomic E-state index is -3.31. The van der Waals surface area contributed by atoms with Gasteiger partial charge in [-0.2, -0.15) is 0 Å². The second-order valence-corrected chi connectivity index (χ2v) is 12.1. The summed E-state index contributed by atoms with van der Waals surface area (Å²) in [7, 11) is -1.65. The molecule has 0 radical (unpaired) electrons. The van der Waals surface area contributed by atoms with E-state index in [1.54, 1.807) is 31.4 Å². The number of ether oxygens (including phenoxy) is 2. The number of amides is 1. The van der Waals surface area contributed by atoms with Gasteiger partial charge in [-0.15, -0.1) is 0 Å². The van der Waals surface area contributed by atoms with E-state index in [1.165, 1.54) is 37.7 Å². The third kappa shape index (κ3) is 7.93. The highest BCUT2D eigenvalue weighted by Gasteiger charge is 2.41. The van der Waals surface area contributed by atoms with Gasteiger partial charge in [0.25, 0.3) is 5.91 Å². The molecule has 0 atom stereocenters. The molecule has 1 heterocycles. The molecule has 2 aromatic carbocycles.